The van der Waals surface area contributed by atoms with E-state index in [0.29, 0.717) is 41.3 Å². The fourth-order valence-corrected chi connectivity index (χ4v) is 5.21. The molecule has 2 saturated heterocycles. The van der Waals surface area contributed by atoms with Gasteiger partial charge in [0.2, 0.25) is 5.91 Å². The number of hydrogen-bond acceptors (Lipinski definition) is 2. The van der Waals surface area contributed by atoms with Gasteiger partial charge in [0.15, 0.2) is 0 Å². The largest absolute Gasteiger partial charge is 0.353 e. The molecule has 1 aliphatic carbocycles. The first-order valence-electron chi connectivity index (χ1n) is 9.47. The Hall–Kier alpha value is -0.280. The van der Waals surface area contributed by atoms with Crippen molar-refractivity contribution in [3.05, 3.63) is 0 Å². The van der Waals surface area contributed by atoms with E-state index in [4.69, 9.17) is 0 Å². The van der Waals surface area contributed by atoms with E-state index in [9.17, 15) is 4.79 Å². The fourth-order valence-electron chi connectivity index (χ4n) is 5.21. The topological polar surface area (TPSA) is 41.1 Å². The van der Waals surface area contributed by atoms with Crippen molar-refractivity contribution in [3.63, 3.8) is 0 Å². The predicted molar refractivity (Wildman–Crippen MR) is 97.9 cm³/mol. The molecule has 2 N–H and O–H groups in total. The average Bonchev–Trinajstić information content (AvgIpc) is 2.77. The maximum absolute atomic E-state index is 12.6. The Labute approximate surface area is 148 Å². The molecule has 1 amide bonds. The van der Waals surface area contributed by atoms with Crippen LogP contribution in [0.2, 0.25) is 0 Å². The molecule has 2 heterocycles. The monoisotopic (exact) mass is 342 g/mol. The van der Waals surface area contributed by atoms with Gasteiger partial charge in [0, 0.05) is 24.5 Å². The summed E-state index contributed by atoms with van der Waals surface area (Å²) in [4.78, 5) is 12.6. The van der Waals surface area contributed by atoms with Crippen LogP contribution in [0.4, 0.5) is 0 Å². The Bertz CT molecular complexity index is 395. The molecule has 4 heteroatoms. The number of nitrogens with one attached hydrogen (secondary N) is 2. The molecule has 1 saturated carbocycles. The third-order valence-electron chi connectivity index (χ3n) is 6.27. The van der Waals surface area contributed by atoms with Crippen molar-refractivity contribution in [1.29, 1.82) is 0 Å². The molecule has 3 nitrogen and oxygen atoms in total. The third-order valence-corrected chi connectivity index (χ3v) is 6.27. The average molecular weight is 343 g/mol. The molecule has 0 radical (unpaired) electrons. The van der Waals surface area contributed by atoms with Crippen LogP contribution in [0, 0.1) is 17.3 Å². The van der Waals surface area contributed by atoms with E-state index in [-0.39, 0.29) is 12.4 Å². The highest BCUT2D eigenvalue weighted by atomic mass is 35.5. The van der Waals surface area contributed by atoms with Crippen LogP contribution in [0.3, 0.4) is 0 Å². The minimum absolute atomic E-state index is 0. The van der Waals surface area contributed by atoms with Crippen molar-refractivity contribution in [2.45, 2.75) is 96.7 Å². The standard InChI is InChI=1S/C19H34N2O.ClH/c1-19(2,3)16-6-4-5-7-17(16)21-18(22)12-13-10-14-8-9-15(11-13)20-14;/h13-17,20H,4-12H2,1-3H3,(H,21,22);1H. The number of carbonyl (C=O) groups excluding carboxylic acids is 1. The second kappa shape index (κ2) is 7.74. The zero-order valence-corrected chi connectivity index (χ0v) is 15.9. The van der Waals surface area contributed by atoms with Crippen LogP contribution in [0.25, 0.3) is 0 Å². The van der Waals surface area contributed by atoms with Gasteiger partial charge >= 0.3 is 0 Å². The highest BCUT2D eigenvalue weighted by Crippen LogP contribution is 2.38. The van der Waals surface area contributed by atoms with Gasteiger partial charge in [0.25, 0.3) is 0 Å². The Kier molecular flexibility index (Phi) is 6.41. The summed E-state index contributed by atoms with van der Waals surface area (Å²) in [5.74, 6) is 1.55. The first-order chi connectivity index (χ1) is 10.4. The molecule has 0 aromatic rings. The van der Waals surface area contributed by atoms with Crippen LogP contribution in [0.5, 0.6) is 0 Å². The Morgan fingerprint density at radius 1 is 1.04 bits per heavy atom. The molecule has 3 rings (SSSR count). The number of fused-ring (bicyclic) bond motifs is 2. The van der Waals surface area contributed by atoms with Crippen molar-refractivity contribution in [2.75, 3.05) is 0 Å². The second-order valence-electron chi connectivity index (χ2n) is 9.11. The first kappa shape index (κ1) is 19.1. The molecule has 0 aromatic heterocycles. The summed E-state index contributed by atoms with van der Waals surface area (Å²) in [5, 5.41) is 7.08. The van der Waals surface area contributed by atoms with Crippen molar-refractivity contribution >= 4 is 18.3 Å². The van der Waals surface area contributed by atoms with Gasteiger partial charge in [0.1, 0.15) is 0 Å². The van der Waals surface area contributed by atoms with Crippen molar-refractivity contribution in [3.8, 4) is 0 Å². The molecule has 23 heavy (non-hydrogen) atoms. The number of hydrogen-bond donors (Lipinski definition) is 2. The Morgan fingerprint density at radius 3 is 2.26 bits per heavy atom. The summed E-state index contributed by atoms with van der Waals surface area (Å²) in [6.45, 7) is 6.98. The van der Waals surface area contributed by atoms with Gasteiger partial charge in [-0.15, -0.1) is 12.4 Å². The normalized spacial score (nSPS) is 37.1. The van der Waals surface area contributed by atoms with Crippen LogP contribution in [-0.4, -0.2) is 24.0 Å². The van der Waals surface area contributed by atoms with E-state index in [1.165, 1.54) is 51.4 Å². The molecule has 2 bridgehead atoms. The molecule has 0 spiro atoms. The Morgan fingerprint density at radius 2 is 1.65 bits per heavy atom. The molecule has 0 aromatic carbocycles. The number of piperidine rings is 1. The van der Waals surface area contributed by atoms with E-state index in [1.807, 2.05) is 0 Å². The SMILES string of the molecule is CC(C)(C)C1CCCCC1NC(=O)CC1CC2CCC(C1)N2.Cl. The van der Waals surface area contributed by atoms with Gasteiger partial charge in [-0.2, -0.15) is 0 Å². The van der Waals surface area contributed by atoms with Gasteiger partial charge in [-0.25, -0.2) is 0 Å². The fraction of sp³-hybridized carbons (Fsp3) is 0.947. The molecule has 4 unspecified atom stereocenters. The second-order valence-corrected chi connectivity index (χ2v) is 9.11. The predicted octanol–water partition coefficient (Wildman–Crippen LogP) is 4.05. The summed E-state index contributed by atoms with van der Waals surface area (Å²) < 4.78 is 0. The number of halogens is 1. The molecule has 3 fully saturated rings. The number of carbonyl (C=O) groups is 1. The van der Waals surface area contributed by atoms with Gasteiger partial charge in [0.05, 0.1) is 0 Å². The minimum Gasteiger partial charge on any atom is -0.353 e. The summed E-state index contributed by atoms with van der Waals surface area (Å²) in [6, 6.07) is 1.78. The van der Waals surface area contributed by atoms with Gasteiger partial charge in [-0.1, -0.05) is 33.6 Å². The molecular weight excluding hydrogens is 308 g/mol. The van der Waals surface area contributed by atoms with E-state index in [1.54, 1.807) is 0 Å². The van der Waals surface area contributed by atoms with Crippen molar-refractivity contribution < 1.29 is 4.79 Å². The zero-order chi connectivity index (χ0) is 15.7. The Balaban J connectivity index is 0.00000192. The number of amides is 1. The first-order valence-corrected chi connectivity index (χ1v) is 9.47. The van der Waals surface area contributed by atoms with E-state index in [0.717, 1.165) is 6.42 Å². The van der Waals surface area contributed by atoms with Gasteiger partial charge in [-0.3, -0.25) is 4.79 Å². The smallest absolute Gasteiger partial charge is 0.220 e. The maximum Gasteiger partial charge on any atom is 0.220 e. The highest BCUT2D eigenvalue weighted by Gasteiger charge is 2.37. The number of rotatable bonds is 3. The lowest BCUT2D eigenvalue weighted by molar-refractivity contribution is -0.124. The lowest BCUT2D eigenvalue weighted by Gasteiger charge is -2.41. The third kappa shape index (κ3) is 4.85. The van der Waals surface area contributed by atoms with Crippen LogP contribution in [0.1, 0.15) is 78.6 Å². The van der Waals surface area contributed by atoms with E-state index >= 15 is 0 Å². The van der Waals surface area contributed by atoms with E-state index in [2.05, 4.69) is 31.4 Å². The van der Waals surface area contributed by atoms with Crippen LogP contribution < -0.4 is 10.6 Å². The summed E-state index contributed by atoms with van der Waals surface area (Å²) in [6.07, 6.45) is 10.8. The van der Waals surface area contributed by atoms with E-state index < -0.39 is 0 Å². The zero-order valence-electron chi connectivity index (χ0n) is 15.1. The minimum atomic E-state index is 0. The molecule has 3 aliphatic rings. The van der Waals surface area contributed by atoms with Crippen molar-refractivity contribution in [1.82, 2.24) is 10.6 Å². The van der Waals surface area contributed by atoms with Gasteiger partial charge < -0.3 is 10.6 Å². The molecule has 4 atom stereocenters. The maximum atomic E-state index is 12.6. The summed E-state index contributed by atoms with van der Waals surface area (Å²) in [7, 11) is 0. The van der Waals surface area contributed by atoms with Gasteiger partial charge in [-0.05, 0) is 55.8 Å². The van der Waals surface area contributed by atoms with Crippen LogP contribution >= 0.6 is 12.4 Å². The summed E-state index contributed by atoms with van der Waals surface area (Å²) in [5.41, 5.74) is 0.298. The van der Waals surface area contributed by atoms with Crippen molar-refractivity contribution in [2.24, 2.45) is 17.3 Å². The molecule has 2 aliphatic heterocycles. The highest BCUT2D eigenvalue weighted by molar-refractivity contribution is 5.85. The molecular formula is C19H35ClN2O. The lowest BCUT2D eigenvalue weighted by Crippen LogP contribution is -2.47. The summed E-state index contributed by atoms with van der Waals surface area (Å²) >= 11 is 0. The van der Waals surface area contributed by atoms with Crippen LogP contribution in [-0.2, 0) is 4.79 Å². The quantitative estimate of drug-likeness (QED) is 0.812. The molecule has 134 valence electrons. The van der Waals surface area contributed by atoms with Crippen LogP contribution in [0.15, 0.2) is 0 Å². The lowest BCUT2D eigenvalue weighted by atomic mass is 9.69.